The molecule has 0 saturated carbocycles. The number of piperazine rings is 1. The number of carbonyl (C=O) groups excluding carboxylic acids is 2. The number of benzene rings is 1. The van der Waals surface area contributed by atoms with Crippen molar-refractivity contribution in [2.45, 2.75) is 52.4 Å². The van der Waals surface area contributed by atoms with E-state index in [9.17, 15) is 18.0 Å². The molecule has 0 radical (unpaired) electrons. The maximum atomic E-state index is 13.3. The van der Waals surface area contributed by atoms with Gasteiger partial charge in [-0.2, -0.15) is 4.31 Å². The lowest BCUT2D eigenvalue weighted by molar-refractivity contribution is -0.143. The summed E-state index contributed by atoms with van der Waals surface area (Å²) in [5.41, 5.74) is 2.56. The van der Waals surface area contributed by atoms with Crippen molar-refractivity contribution < 1.29 is 18.0 Å². The topological polar surface area (TPSA) is 78.0 Å². The molecule has 1 aromatic carbocycles. The van der Waals surface area contributed by atoms with Crippen LogP contribution in [-0.2, 0) is 19.6 Å². The second kappa shape index (κ2) is 9.28. The first kappa shape index (κ1) is 23.7. The van der Waals surface area contributed by atoms with Crippen molar-refractivity contribution >= 4 is 21.8 Å². The number of piperidine rings is 1. The van der Waals surface area contributed by atoms with E-state index in [1.54, 1.807) is 9.80 Å². The zero-order valence-corrected chi connectivity index (χ0v) is 20.2. The van der Waals surface area contributed by atoms with E-state index in [0.29, 0.717) is 44.2 Å². The van der Waals surface area contributed by atoms with Gasteiger partial charge in [-0.05, 0) is 44.7 Å². The number of hydrogen-bond acceptors (Lipinski definition) is 4. The van der Waals surface area contributed by atoms with E-state index in [0.717, 1.165) is 29.5 Å². The number of sulfonamides is 1. The number of rotatable bonds is 4. The Hall–Kier alpha value is -1.93. The van der Waals surface area contributed by atoms with Gasteiger partial charge in [0.2, 0.25) is 21.8 Å². The van der Waals surface area contributed by atoms with Crippen LogP contribution in [0.3, 0.4) is 0 Å². The fourth-order valence-electron chi connectivity index (χ4n) is 4.85. The van der Waals surface area contributed by atoms with Crippen molar-refractivity contribution in [3.63, 3.8) is 0 Å². The van der Waals surface area contributed by atoms with E-state index in [4.69, 9.17) is 0 Å². The minimum atomic E-state index is -3.60. The molecule has 0 aliphatic carbocycles. The van der Waals surface area contributed by atoms with Crippen molar-refractivity contribution in [3.8, 4) is 0 Å². The van der Waals surface area contributed by atoms with Gasteiger partial charge in [-0.25, -0.2) is 8.42 Å². The van der Waals surface area contributed by atoms with Crippen LogP contribution in [0.25, 0.3) is 0 Å². The van der Waals surface area contributed by atoms with E-state index < -0.39 is 10.0 Å². The van der Waals surface area contributed by atoms with Crippen LogP contribution in [0.2, 0.25) is 0 Å². The quantitative estimate of drug-likeness (QED) is 0.707. The Morgan fingerprint density at radius 1 is 0.935 bits per heavy atom. The van der Waals surface area contributed by atoms with Gasteiger partial charge in [0.05, 0.1) is 10.8 Å². The van der Waals surface area contributed by atoms with Crippen LogP contribution >= 0.6 is 0 Å². The molecule has 172 valence electrons. The average molecular weight is 450 g/mol. The Labute approximate surface area is 186 Å². The molecule has 8 heteroatoms. The van der Waals surface area contributed by atoms with Crippen LogP contribution in [0.15, 0.2) is 17.0 Å². The van der Waals surface area contributed by atoms with Crippen LogP contribution in [0.1, 0.15) is 43.4 Å². The SMILES string of the molecule is Cc1cc(C)c(S(=O)(=O)N2CCN(C(=O)C3CCCN(C(=O)C(C)C)C3)CC2)c(C)c1. The van der Waals surface area contributed by atoms with Crippen molar-refractivity contribution in [3.05, 3.63) is 28.8 Å². The molecule has 0 aromatic heterocycles. The van der Waals surface area contributed by atoms with Crippen molar-refractivity contribution in [2.24, 2.45) is 11.8 Å². The Bertz CT molecular complexity index is 927. The summed E-state index contributed by atoms with van der Waals surface area (Å²) >= 11 is 0. The van der Waals surface area contributed by atoms with E-state index >= 15 is 0 Å². The van der Waals surface area contributed by atoms with Gasteiger partial charge < -0.3 is 9.80 Å². The first-order valence-corrected chi connectivity index (χ1v) is 12.6. The van der Waals surface area contributed by atoms with Crippen LogP contribution in [0.5, 0.6) is 0 Å². The molecular weight excluding hydrogens is 414 g/mol. The van der Waals surface area contributed by atoms with E-state index in [1.807, 2.05) is 46.8 Å². The predicted octanol–water partition coefficient (Wildman–Crippen LogP) is 2.34. The largest absolute Gasteiger partial charge is 0.342 e. The van der Waals surface area contributed by atoms with Crippen LogP contribution < -0.4 is 0 Å². The molecule has 2 amide bonds. The third kappa shape index (κ3) is 4.95. The first-order chi connectivity index (χ1) is 14.5. The minimum Gasteiger partial charge on any atom is -0.342 e. The summed E-state index contributed by atoms with van der Waals surface area (Å²) in [5, 5.41) is 0. The summed E-state index contributed by atoms with van der Waals surface area (Å²) in [7, 11) is -3.60. The summed E-state index contributed by atoms with van der Waals surface area (Å²) in [4.78, 5) is 29.4. The second-order valence-corrected chi connectivity index (χ2v) is 11.1. The Morgan fingerprint density at radius 3 is 2.06 bits per heavy atom. The highest BCUT2D eigenvalue weighted by molar-refractivity contribution is 7.89. The van der Waals surface area contributed by atoms with Crippen molar-refractivity contribution in [1.82, 2.24) is 14.1 Å². The number of amides is 2. The fourth-order valence-corrected chi connectivity index (χ4v) is 6.69. The lowest BCUT2D eigenvalue weighted by Crippen LogP contribution is -2.54. The summed E-state index contributed by atoms with van der Waals surface area (Å²) in [6, 6.07) is 3.79. The highest BCUT2D eigenvalue weighted by Crippen LogP contribution is 2.27. The minimum absolute atomic E-state index is 0.0426. The van der Waals surface area contributed by atoms with Gasteiger partial charge in [-0.15, -0.1) is 0 Å². The summed E-state index contributed by atoms with van der Waals surface area (Å²) in [6.45, 7) is 11.9. The van der Waals surface area contributed by atoms with Crippen molar-refractivity contribution in [1.29, 1.82) is 0 Å². The zero-order chi connectivity index (χ0) is 22.9. The van der Waals surface area contributed by atoms with Crippen LogP contribution in [0.4, 0.5) is 0 Å². The van der Waals surface area contributed by atoms with Gasteiger partial charge in [-0.1, -0.05) is 31.5 Å². The molecule has 2 heterocycles. The maximum Gasteiger partial charge on any atom is 0.243 e. The molecule has 7 nitrogen and oxygen atoms in total. The zero-order valence-electron chi connectivity index (χ0n) is 19.3. The Balaban J connectivity index is 1.65. The maximum absolute atomic E-state index is 13.3. The van der Waals surface area contributed by atoms with E-state index in [1.165, 1.54) is 4.31 Å². The van der Waals surface area contributed by atoms with Gasteiger partial charge >= 0.3 is 0 Å². The highest BCUT2D eigenvalue weighted by Gasteiger charge is 2.36. The second-order valence-electron chi connectivity index (χ2n) is 9.24. The predicted molar refractivity (Wildman–Crippen MR) is 120 cm³/mol. The summed E-state index contributed by atoms with van der Waals surface area (Å²) < 4.78 is 28.1. The molecule has 1 atom stereocenters. The number of aryl methyl sites for hydroxylation is 3. The summed E-state index contributed by atoms with van der Waals surface area (Å²) in [6.07, 6.45) is 1.61. The lowest BCUT2D eigenvalue weighted by atomic mass is 9.95. The molecule has 3 rings (SSSR count). The molecular formula is C23H35N3O4S. The van der Waals surface area contributed by atoms with Crippen LogP contribution in [-0.4, -0.2) is 73.6 Å². The molecule has 0 N–H and O–H groups in total. The third-order valence-corrected chi connectivity index (χ3v) is 8.53. The van der Waals surface area contributed by atoms with Crippen LogP contribution in [0, 0.1) is 32.6 Å². The number of hydrogen-bond donors (Lipinski definition) is 0. The van der Waals surface area contributed by atoms with E-state index in [2.05, 4.69) is 0 Å². The number of likely N-dealkylation sites (tertiary alicyclic amines) is 1. The molecule has 0 bridgehead atoms. The molecule has 1 aromatic rings. The monoisotopic (exact) mass is 449 g/mol. The van der Waals surface area contributed by atoms with Crippen molar-refractivity contribution in [2.75, 3.05) is 39.3 Å². The molecule has 2 aliphatic heterocycles. The normalized spacial score (nSPS) is 20.9. The first-order valence-electron chi connectivity index (χ1n) is 11.2. The van der Waals surface area contributed by atoms with Gasteiger partial charge in [-0.3, -0.25) is 9.59 Å². The van der Waals surface area contributed by atoms with Gasteiger partial charge in [0, 0.05) is 45.2 Å². The number of nitrogens with zero attached hydrogens (tertiary/aromatic N) is 3. The van der Waals surface area contributed by atoms with Gasteiger partial charge in [0.1, 0.15) is 0 Å². The summed E-state index contributed by atoms with van der Waals surface area (Å²) in [5.74, 6) is -0.129. The van der Waals surface area contributed by atoms with Gasteiger partial charge in [0.15, 0.2) is 0 Å². The van der Waals surface area contributed by atoms with E-state index in [-0.39, 0.29) is 23.7 Å². The Kier molecular flexibility index (Phi) is 7.11. The van der Waals surface area contributed by atoms with Gasteiger partial charge in [0.25, 0.3) is 0 Å². The third-order valence-electron chi connectivity index (χ3n) is 6.33. The Morgan fingerprint density at radius 2 is 1.52 bits per heavy atom. The smallest absolute Gasteiger partial charge is 0.243 e. The highest BCUT2D eigenvalue weighted by atomic mass is 32.2. The molecule has 2 aliphatic rings. The fraction of sp³-hybridized carbons (Fsp3) is 0.652. The molecule has 0 spiro atoms. The number of carbonyl (C=O) groups is 2. The molecule has 31 heavy (non-hydrogen) atoms. The standard InChI is InChI=1S/C23H35N3O4S/c1-16(2)22(27)25-8-6-7-20(15-25)23(28)24-9-11-26(12-10-24)31(29,30)21-18(4)13-17(3)14-19(21)5/h13-14,16,20H,6-12,15H2,1-5H3. The molecule has 1 unspecified atom stereocenters. The molecule has 2 saturated heterocycles. The molecule has 2 fully saturated rings. The lowest BCUT2D eigenvalue weighted by Gasteiger charge is -2.39. The average Bonchev–Trinajstić information content (AvgIpc) is 2.71.